The summed E-state index contributed by atoms with van der Waals surface area (Å²) in [6.45, 7) is 2.97. The predicted octanol–water partition coefficient (Wildman–Crippen LogP) is 3.79. The maximum Gasteiger partial charge on any atom is 0.119 e. The van der Waals surface area contributed by atoms with Gasteiger partial charge in [-0.05, 0) is 30.5 Å². The number of ether oxygens (including phenoxy) is 1. The summed E-state index contributed by atoms with van der Waals surface area (Å²) in [6, 6.07) is 7.88. The van der Waals surface area contributed by atoms with Crippen molar-refractivity contribution in [3.8, 4) is 5.75 Å². The van der Waals surface area contributed by atoms with E-state index >= 15 is 0 Å². The number of unbranched alkanes of at least 4 members (excludes halogenated alkanes) is 3. The number of hydrogen-bond acceptors (Lipinski definition) is 2. The van der Waals surface area contributed by atoms with Gasteiger partial charge in [0.15, 0.2) is 0 Å². The van der Waals surface area contributed by atoms with Crippen molar-refractivity contribution in [2.75, 3.05) is 12.5 Å². The molecule has 0 spiro atoms. The van der Waals surface area contributed by atoms with E-state index in [0.29, 0.717) is 6.42 Å². The summed E-state index contributed by atoms with van der Waals surface area (Å²) in [5.41, 5.74) is 1.06. The van der Waals surface area contributed by atoms with Gasteiger partial charge in [-0.3, -0.25) is 0 Å². The number of alkyl halides is 1. The molecule has 0 heterocycles. The molecule has 0 aliphatic carbocycles. The van der Waals surface area contributed by atoms with Gasteiger partial charge in [-0.25, -0.2) is 0 Å². The second-order valence-corrected chi connectivity index (χ2v) is 4.88. The molecule has 1 rings (SSSR count). The molecule has 0 aliphatic heterocycles. The van der Waals surface area contributed by atoms with Gasteiger partial charge in [0.2, 0.25) is 0 Å². The zero-order valence-corrected chi connectivity index (χ0v) is 11.8. The third kappa shape index (κ3) is 6.27. The monoisotopic (exact) mass is 270 g/mol. The molecule has 3 heteroatoms. The second kappa shape index (κ2) is 9.23. The molecule has 0 aromatic heterocycles. The van der Waals surface area contributed by atoms with Gasteiger partial charge in [0.25, 0.3) is 0 Å². The fourth-order valence-corrected chi connectivity index (χ4v) is 1.92. The van der Waals surface area contributed by atoms with E-state index < -0.39 is 6.10 Å². The van der Waals surface area contributed by atoms with Crippen molar-refractivity contribution in [2.24, 2.45) is 0 Å². The number of aliphatic hydroxyl groups is 1. The van der Waals surface area contributed by atoms with Gasteiger partial charge in [0.1, 0.15) is 5.75 Å². The van der Waals surface area contributed by atoms with E-state index in [1.807, 2.05) is 24.3 Å². The van der Waals surface area contributed by atoms with Crippen LogP contribution in [0.4, 0.5) is 0 Å². The normalized spacial score (nSPS) is 12.4. The van der Waals surface area contributed by atoms with Crippen LogP contribution in [0.5, 0.6) is 5.75 Å². The molecule has 18 heavy (non-hydrogen) atoms. The van der Waals surface area contributed by atoms with Gasteiger partial charge in [0.05, 0.1) is 12.7 Å². The van der Waals surface area contributed by atoms with Crippen LogP contribution in [-0.2, 0) is 6.42 Å². The number of hydrogen-bond donors (Lipinski definition) is 1. The highest BCUT2D eigenvalue weighted by Gasteiger charge is 2.04. The summed E-state index contributed by atoms with van der Waals surface area (Å²) in [4.78, 5) is 0. The quantitative estimate of drug-likeness (QED) is 0.546. The second-order valence-electron chi connectivity index (χ2n) is 4.57. The Kier molecular flexibility index (Phi) is 7.86. The van der Waals surface area contributed by atoms with Crippen molar-refractivity contribution < 1.29 is 9.84 Å². The van der Waals surface area contributed by atoms with Crippen molar-refractivity contribution in [3.05, 3.63) is 29.8 Å². The minimum atomic E-state index is -0.480. The summed E-state index contributed by atoms with van der Waals surface area (Å²) < 4.78 is 5.69. The molecular weight excluding hydrogens is 248 g/mol. The molecule has 1 atom stereocenters. The summed E-state index contributed by atoms with van der Waals surface area (Å²) in [5.74, 6) is 1.15. The van der Waals surface area contributed by atoms with Crippen molar-refractivity contribution in [1.82, 2.24) is 0 Å². The largest absolute Gasteiger partial charge is 0.494 e. The van der Waals surface area contributed by atoms with Crippen LogP contribution in [0.1, 0.15) is 38.2 Å². The Balaban J connectivity index is 2.35. The Hall–Kier alpha value is -0.730. The number of rotatable bonds is 9. The smallest absolute Gasteiger partial charge is 0.119 e. The molecule has 1 aromatic carbocycles. The van der Waals surface area contributed by atoms with Crippen molar-refractivity contribution >= 4 is 11.6 Å². The van der Waals surface area contributed by atoms with Gasteiger partial charge < -0.3 is 9.84 Å². The maximum atomic E-state index is 9.50. The molecule has 0 amide bonds. The highest BCUT2D eigenvalue weighted by atomic mass is 35.5. The van der Waals surface area contributed by atoms with Crippen LogP contribution in [-0.4, -0.2) is 23.7 Å². The zero-order valence-electron chi connectivity index (χ0n) is 11.1. The van der Waals surface area contributed by atoms with E-state index in [1.54, 1.807) is 0 Å². The van der Waals surface area contributed by atoms with Crippen molar-refractivity contribution in [2.45, 2.75) is 45.1 Å². The highest BCUT2D eigenvalue weighted by Crippen LogP contribution is 2.15. The van der Waals surface area contributed by atoms with E-state index in [2.05, 4.69) is 6.92 Å². The molecule has 0 saturated carbocycles. The molecule has 0 radical (unpaired) electrons. The predicted molar refractivity (Wildman–Crippen MR) is 76.5 cm³/mol. The van der Waals surface area contributed by atoms with E-state index in [0.717, 1.165) is 24.3 Å². The van der Waals surface area contributed by atoms with Gasteiger partial charge >= 0.3 is 0 Å². The van der Waals surface area contributed by atoms with Crippen LogP contribution in [0.25, 0.3) is 0 Å². The topological polar surface area (TPSA) is 29.5 Å². The highest BCUT2D eigenvalue weighted by molar-refractivity contribution is 6.18. The minimum absolute atomic E-state index is 0.266. The van der Waals surface area contributed by atoms with E-state index in [-0.39, 0.29) is 5.88 Å². The molecule has 0 fully saturated rings. The number of aliphatic hydroxyl groups excluding tert-OH is 1. The maximum absolute atomic E-state index is 9.50. The minimum Gasteiger partial charge on any atom is -0.494 e. The van der Waals surface area contributed by atoms with Crippen molar-refractivity contribution in [3.63, 3.8) is 0 Å². The lowest BCUT2D eigenvalue weighted by molar-refractivity contribution is 0.198. The molecule has 2 nitrogen and oxygen atoms in total. The van der Waals surface area contributed by atoms with Gasteiger partial charge in [-0.15, -0.1) is 11.6 Å². The Bertz CT molecular complexity index is 328. The average Bonchev–Trinajstić information content (AvgIpc) is 2.39. The third-order valence-corrected chi connectivity index (χ3v) is 3.17. The van der Waals surface area contributed by atoms with Gasteiger partial charge in [-0.1, -0.05) is 38.3 Å². The van der Waals surface area contributed by atoms with Crippen LogP contribution in [0.2, 0.25) is 0 Å². The van der Waals surface area contributed by atoms with Gasteiger partial charge in [0, 0.05) is 5.88 Å². The van der Waals surface area contributed by atoms with Crippen LogP contribution < -0.4 is 4.74 Å². The van der Waals surface area contributed by atoms with E-state index in [9.17, 15) is 5.11 Å². The first-order valence-electron chi connectivity index (χ1n) is 6.72. The van der Waals surface area contributed by atoms with E-state index in [1.165, 1.54) is 19.3 Å². The van der Waals surface area contributed by atoms with Crippen molar-refractivity contribution in [1.29, 1.82) is 0 Å². The lowest BCUT2D eigenvalue weighted by Crippen LogP contribution is -2.11. The molecule has 1 aromatic rings. The Labute approximate surface area is 115 Å². The molecule has 0 aliphatic rings. The number of benzene rings is 1. The third-order valence-electron chi connectivity index (χ3n) is 2.81. The number of halogens is 1. The summed E-state index contributed by atoms with van der Waals surface area (Å²) >= 11 is 5.59. The zero-order chi connectivity index (χ0) is 13.2. The van der Waals surface area contributed by atoms with Crippen LogP contribution in [0.3, 0.4) is 0 Å². The fraction of sp³-hybridized carbons (Fsp3) is 0.600. The summed E-state index contributed by atoms with van der Waals surface area (Å²) in [6.07, 6.45) is 4.93. The summed E-state index contributed by atoms with van der Waals surface area (Å²) in [5, 5.41) is 9.50. The molecule has 1 N–H and O–H groups in total. The Morgan fingerprint density at radius 2 is 2.11 bits per heavy atom. The lowest BCUT2D eigenvalue weighted by Gasteiger charge is -2.10. The Morgan fingerprint density at radius 1 is 1.28 bits per heavy atom. The molecule has 102 valence electrons. The first kappa shape index (κ1) is 15.3. The van der Waals surface area contributed by atoms with E-state index in [4.69, 9.17) is 16.3 Å². The molecule has 0 saturated heterocycles. The van der Waals surface area contributed by atoms with Crippen LogP contribution in [0, 0.1) is 0 Å². The first-order chi connectivity index (χ1) is 8.76. The lowest BCUT2D eigenvalue weighted by atomic mass is 10.1. The molecule has 0 bridgehead atoms. The molecule has 0 unspecified atom stereocenters. The first-order valence-corrected chi connectivity index (χ1v) is 7.25. The average molecular weight is 271 g/mol. The SMILES string of the molecule is CCCCCCOc1cccc(C[C@@H](O)CCl)c1. The summed E-state index contributed by atoms with van der Waals surface area (Å²) in [7, 11) is 0. The van der Waals surface area contributed by atoms with Crippen LogP contribution >= 0.6 is 11.6 Å². The fourth-order valence-electron chi connectivity index (χ4n) is 1.81. The standard InChI is InChI=1S/C15H23ClO2/c1-2-3-4-5-9-18-15-8-6-7-13(11-15)10-14(17)12-16/h6-8,11,14,17H,2-5,9-10,12H2,1H3/t14-/m1/s1. The van der Waals surface area contributed by atoms with Gasteiger partial charge in [-0.2, -0.15) is 0 Å². The Morgan fingerprint density at radius 3 is 2.83 bits per heavy atom. The molecular formula is C15H23ClO2. The van der Waals surface area contributed by atoms with Crippen LogP contribution in [0.15, 0.2) is 24.3 Å².